The number of nitrogens with one attached hydrogen (secondary N) is 1. The van der Waals surface area contributed by atoms with E-state index in [0.717, 1.165) is 35.2 Å². The third kappa shape index (κ3) is 3.40. The molecule has 0 saturated carbocycles. The summed E-state index contributed by atoms with van der Waals surface area (Å²) in [6, 6.07) is 3.95. The van der Waals surface area contributed by atoms with Gasteiger partial charge in [0.25, 0.3) is 0 Å². The summed E-state index contributed by atoms with van der Waals surface area (Å²) in [5.74, 6) is 0.0578. The van der Waals surface area contributed by atoms with Gasteiger partial charge >= 0.3 is 0 Å². The van der Waals surface area contributed by atoms with Crippen molar-refractivity contribution < 1.29 is 4.79 Å². The lowest BCUT2D eigenvalue weighted by molar-refractivity contribution is -0.116. The van der Waals surface area contributed by atoms with Crippen LogP contribution in [0.5, 0.6) is 0 Å². The fourth-order valence-corrected chi connectivity index (χ4v) is 2.58. The molecule has 20 heavy (non-hydrogen) atoms. The minimum absolute atomic E-state index is 0.0578. The summed E-state index contributed by atoms with van der Waals surface area (Å²) in [4.78, 5) is 11.4. The number of hydrogen-bond donors (Lipinski definition) is 1. The maximum Gasteiger partial charge on any atom is 0.224 e. The predicted octanol–water partition coefficient (Wildman–Crippen LogP) is 4.46. The predicted molar refractivity (Wildman–Crippen MR) is 85.2 cm³/mol. The van der Waals surface area contributed by atoms with Gasteiger partial charge in [0.05, 0.1) is 0 Å². The lowest BCUT2D eigenvalue weighted by Gasteiger charge is -2.19. The number of aryl methyl sites for hydroxylation is 1. The second kappa shape index (κ2) is 6.58. The van der Waals surface area contributed by atoms with Crippen molar-refractivity contribution in [1.29, 1.82) is 0 Å². The molecule has 1 aliphatic rings. The molecule has 1 aliphatic heterocycles. The fourth-order valence-electron chi connectivity index (χ4n) is 2.35. The molecule has 0 bridgehead atoms. The highest BCUT2D eigenvalue weighted by atomic mass is 35.5. The van der Waals surface area contributed by atoms with Crippen molar-refractivity contribution in [3.8, 4) is 0 Å². The molecule has 3 heteroatoms. The molecule has 0 atom stereocenters. The number of anilines is 1. The van der Waals surface area contributed by atoms with Crippen LogP contribution in [0.2, 0.25) is 5.02 Å². The smallest absolute Gasteiger partial charge is 0.224 e. The summed E-state index contributed by atoms with van der Waals surface area (Å²) in [7, 11) is 0. The highest BCUT2D eigenvalue weighted by molar-refractivity contribution is 6.31. The summed E-state index contributed by atoms with van der Waals surface area (Å²) in [5, 5.41) is 3.55. The highest BCUT2D eigenvalue weighted by Gasteiger charge is 2.17. The maximum absolute atomic E-state index is 11.4. The van der Waals surface area contributed by atoms with Gasteiger partial charge in [0.1, 0.15) is 0 Å². The molecule has 0 spiro atoms. The van der Waals surface area contributed by atoms with E-state index >= 15 is 0 Å². The lowest BCUT2D eigenvalue weighted by Crippen LogP contribution is -2.19. The van der Waals surface area contributed by atoms with Crippen LogP contribution in [-0.2, 0) is 17.6 Å². The Labute approximate surface area is 124 Å². The highest BCUT2D eigenvalue weighted by Crippen LogP contribution is 2.30. The minimum atomic E-state index is 0.0578. The molecule has 0 aromatic heterocycles. The van der Waals surface area contributed by atoms with Crippen molar-refractivity contribution in [2.75, 3.05) is 5.32 Å². The van der Waals surface area contributed by atoms with Crippen molar-refractivity contribution in [2.45, 2.75) is 26.2 Å². The Morgan fingerprint density at radius 1 is 1.45 bits per heavy atom. The van der Waals surface area contributed by atoms with E-state index in [2.05, 4.69) is 24.0 Å². The molecule has 1 aromatic rings. The van der Waals surface area contributed by atoms with Gasteiger partial charge in [0.2, 0.25) is 5.91 Å². The van der Waals surface area contributed by atoms with Gasteiger partial charge in [-0.15, -0.1) is 0 Å². The first-order valence-corrected chi connectivity index (χ1v) is 7.07. The number of carbonyl (C=O) groups is 1. The van der Waals surface area contributed by atoms with Crippen molar-refractivity contribution in [1.82, 2.24) is 0 Å². The van der Waals surface area contributed by atoms with E-state index in [1.165, 1.54) is 0 Å². The van der Waals surface area contributed by atoms with Crippen LogP contribution in [0.4, 0.5) is 5.69 Å². The average molecular weight is 288 g/mol. The molecule has 1 amide bonds. The molecular weight excluding hydrogens is 270 g/mol. The van der Waals surface area contributed by atoms with Crippen molar-refractivity contribution >= 4 is 23.2 Å². The molecular formula is C17H18ClNO. The number of amides is 1. The van der Waals surface area contributed by atoms with Gasteiger partial charge in [-0.2, -0.15) is 0 Å². The van der Waals surface area contributed by atoms with Crippen LogP contribution >= 0.6 is 11.6 Å². The van der Waals surface area contributed by atoms with Crippen LogP contribution in [0, 0.1) is 0 Å². The zero-order valence-corrected chi connectivity index (χ0v) is 12.3. The molecule has 2 rings (SSSR count). The first-order chi connectivity index (χ1) is 9.63. The zero-order valence-electron chi connectivity index (χ0n) is 11.6. The first-order valence-electron chi connectivity index (χ1n) is 6.69. The van der Waals surface area contributed by atoms with Gasteiger partial charge in [0, 0.05) is 17.1 Å². The molecule has 0 saturated heterocycles. The quantitative estimate of drug-likeness (QED) is 0.814. The third-order valence-electron chi connectivity index (χ3n) is 3.27. The van der Waals surface area contributed by atoms with E-state index in [1.54, 1.807) is 6.08 Å². The third-order valence-corrected chi connectivity index (χ3v) is 3.63. The Kier molecular flexibility index (Phi) is 4.80. The summed E-state index contributed by atoms with van der Waals surface area (Å²) >= 11 is 6.32. The van der Waals surface area contributed by atoms with Crippen molar-refractivity contribution in [3.05, 3.63) is 64.7 Å². The molecule has 1 heterocycles. The van der Waals surface area contributed by atoms with E-state index in [-0.39, 0.29) is 5.91 Å². The van der Waals surface area contributed by atoms with Gasteiger partial charge < -0.3 is 5.32 Å². The van der Waals surface area contributed by atoms with E-state index in [9.17, 15) is 4.79 Å². The summed E-state index contributed by atoms with van der Waals surface area (Å²) < 4.78 is 0. The maximum atomic E-state index is 11.4. The lowest BCUT2D eigenvalue weighted by atomic mass is 9.96. The number of fused-ring (bicyclic) bond motifs is 1. The van der Waals surface area contributed by atoms with Gasteiger partial charge in [-0.05, 0) is 42.5 Å². The van der Waals surface area contributed by atoms with Crippen molar-refractivity contribution in [2.24, 2.45) is 0 Å². The van der Waals surface area contributed by atoms with Crippen LogP contribution in [0.1, 0.15) is 24.5 Å². The van der Waals surface area contributed by atoms with E-state index < -0.39 is 0 Å². The molecule has 0 radical (unpaired) electrons. The number of benzene rings is 1. The summed E-state index contributed by atoms with van der Waals surface area (Å²) in [5.41, 5.74) is 4.23. The molecule has 0 unspecified atom stereocenters. The largest absolute Gasteiger partial charge is 0.326 e. The Morgan fingerprint density at radius 2 is 2.25 bits per heavy atom. The van der Waals surface area contributed by atoms with Crippen molar-refractivity contribution in [3.63, 3.8) is 0 Å². The number of allylic oxidation sites excluding steroid dienone is 5. The molecule has 104 valence electrons. The molecule has 1 aromatic carbocycles. The zero-order chi connectivity index (χ0) is 14.5. The molecule has 1 N–H and O–H groups in total. The van der Waals surface area contributed by atoms with Crippen LogP contribution in [0.15, 0.2) is 48.6 Å². The normalized spacial score (nSPS) is 15.1. The Bertz CT molecular complexity index is 599. The number of rotatable bonds is 4. The van der Waals surface area contributed by atoms with E-state index in [0.29, 0.717) is 11.4 Å². The summed E-state index contributed by atoms with van der Waals surface area (Å²) in [6.07, 6.45) is 9.89. The Morgan fingerprint density at radius 3 is 2.95 bits per heavy atom. The number of hydrogen-bond acceptors (Lipinski definition) is 1. The Balaban J connectivity index is 2.31. The van der Waals surface area contributed by atoms with Gasteiger partial charge in [0.15, 0.2) is 0 Å². The molecule has 2 nitrogen and oxygen atoms in total. The van der Waals surface area contributed by atoms with E-state index in [4.69, 9.17) is 11.6 Å². The second-order valence-corrected chi connectivity index (χ2v) is 5.21. The van der Waals surface area contributed by atoms with E-state index in [1.807, 2.05) is 25.1 Å². The second-order valence-electron chi connectivity index (χ2n) is 4.80. The standard InChI is InChI=1S/C17H18ClNO/c1-3-5-12(6-4-2)9-14-10-13-7-8-17(20)19-16(13)11-15(14)18/h3-6,10-11H,1,7-9H2,2H3,(H,19,20)/b6-4-,12-5+. The van der Waals surface area contributed by atoms with Gasteiger partial charge in [-0.3, -0.25) is 4.79 Å². The fraction of sp³-hybridized carbons (Fsp3) is 0.235. The summed E-state index contributed by atoms with van der Waals surface area (Å²) in [6.45, 7) is 5.72. The topological polar surface area (TPSA) is 29.1 Å². The van der Waals surface area contributed by atoms with Gasteiger partial charge in [-0.1, -0.05) is 48.6 Å². The molecule has 0 aliphatic carbocycles. The first kappa shape index (κ1) is 14.6. The number of carbonyl (C=O) groups excluding carboxylic acids is 1. The van der Waals surface area contributed by atoms with Crippen LogP contribution < -0.4 is 5.32 Å². The Hall–Kier alpha value is -1.80. The molecule has 0 fully saturated rings. The SMILES string of the molecule is C=C/C=C(\C=C/C)Cc1cc2c(cc1Cl)NC(=O)CC2. The monoisotopic (exact) mass is 287 g/mol. The van der Waals surface area contributed by atoms with Gasteiger partial charge in [-0.25, -0.2) is 0 Å². The average Bonchev–Trinajstić information content (AvgIpc) is 2.40. The number of halogens is 1. The van der Waals surface area contributed by atoms with Crippen LogP contribution in [0.25, 0.3) is 0 Å². The van der Waals surface area contributed by atoms with Crippen LogP contribution in [0.3, 0.4) is 0 Å². The van der Waals surface area contributed by atoms with Crippen LogP contribution in [-0.4, -0.2) is 5.91 Å². The minimum Gasteiger partial charge on any atom is -0.326 e.